The van der Waals surface area contributed by atoms with Crippen LogP contribution in [-0.4, -0.2) is 56.6 Å². The zero-order valence-corrected chi connectivity index (χ0v) is 19.8. The monoisotopic (exact) mass is 462 g/mol. The molecule has 0 aliphatic carbocycles. The molecule has 1 aliphatic heterocycles. The average molecular weight is 463 g/mol. The van der Waals surface area contributed by atoms with E-state index in [1.807, 2.05) is 24.4 Å². The topological polar surface area (TPSA) is 49.2 Å². The maximum atomic E-state index is 5.81. The minimum absolute atomic E-state index is 0.0221. The highest BCUT2D eigenvalue weighted by Gasteiger charge is 2.41. The molecular formula is C24H26N6S2. The lowest BCUT2D eigenvalue weighted by Gasteiger charge is -2.28. The molecule has 164 valence electrons. The van der Waals surface area contributed by atoms with Gasteiger partial charge in [0, 0.05) is 18.9 Å². The summed E-state index contributed by atoms with van der Waals surface area (Å²) < 4.78 is 3.39. The highest BCUT2D eigenvalue weighted by atomic mass is 32.1. The van der Waals surface area contributed by atoms with Gasteiger partial charge < -0.3 is 15.1 Å². The summed E-state index contributed by atoms with van der Waals surface area (Å²) in [5.41, 5.74) is 3.18. The molecule has 3 aromatic heterocycles. The van der Waals surface area contributed by atoms with E-state index in [-0.39, 0.29) is 12.1 Å². The first-order valence-electron chi connectivity index (χ1n) is 10.8. The second-order valence-corrected chi connectivity index (χ2v) is 9.64. The first-order chi connectivity index (χ1) is 15.6. The third-order valence-corrected chi connectivity index (χ3v) is 7.16. The van der Waals surface area contributed by atoms with Crippen molar-refractivity contribution in [3.63, 3.8) is 0 Å². The minimum Gasteiger partial charge on any atom is -0.352 e. The van der Waals surface area contributed by atoms with Crippen molar-refractivity contribution in [1.82, 2.24) is 29.7 Å². The van der Waals surface area contributed by atoms with Gasteiger partial charge in [0.2, 0.25) is 0 Å². The molecule has 0 bridgehead atoms. The molecule has 0 radical (unpaired) electrons. The lowest BCUT2D eigenvalue weighted by Crippen LogP contribution is -2.32. The van der Waals surface area contributed by atoms with Gasteiger partial charge in [-0.05, 0) is 75.7 Å². The number of para-hydroxylation sites is 1. The predicted molar refractivity (Wildman–Crippen MR) is 134 cm³/mol. The zero-order valence-electron chi connectivity index (χ0n) is 18.2. The number of rotatable bonds is 7. The van der Waals surface area contributed by atoms with Crippen molar-refractivity contribution in [3.8, 4) is 5.13 Å². The molecule has 2 atom stereocenters. The Bertz CT molecular complexity index is 1180. The Morgan fingerprint density at radius 1 is 1.09 bits per heavy atom. The SMILES string of the molecule is CN(C)CCCN1C(=S)N[C@H](c2ccccn2)[C@@H]1c1cccn1-c1nc2ccccc2s1. The van der Waals surface area contributed by atoms with Gasteiger partial charge in [0.15, 0.2) is 10.2 Å². The summed E-state index contributed by atoms with van der Waals surface area (Å²) in [6.45, 7) is 1.89. The van der Waals surface area contributed by atoms with Crippen LogP contribution in [0.25, 0.3) is 15.3 Å². The molecule has 1 aliphatic rings. The number of benzene rings is 1. The van der Waals surface area contributed by atoms with Gasteiger partial charge in [0.25, 0.3) is 0 Å². The maximum Gasteiger partial charge on any atom is 0.194 e. The Morgan fingerprint density at radius 2 is 1.94 bits per heavy atom. The second kappa shape index (κ2) is 8.97. The van der Waals surface area contributed by atoms with Crippen LogP contribution in [-0.2, 0) is 0 Å². The molecule has 1 saturated heterocycles. The Labute approximate surface area is 197 Å². The molecule has 1 N–H and O–H groups in total. The highest BCUT2D eigenvalue weighted by Crippen LogP contribution is 2.40. The van der Waals surface area contributed by atoms with E-state index < -0.39 is 0 Å². The first kappa shape index (κ1) is 21.1. The molecule has 32 heavy (non-hydrogen) atoms. The average Bonchev–Trinajstić information content (AvgIpc) is 3.51. The number of thiocarbonyl (C=S) groups is 1. The van der Waals surface area contributed by atoms with Crippen LogP contribution < -0.4 is 5.32 Å². The van der Waals surface area contributed by atoms with Crippen LogP contribution in [0.15, 0.2) is 67.0 Å². The predicted octanol–water partition coefficient (Wildman–Crippen LogP) is 4.41. The van der Waals surface area contributed by atoms with Crippen LogP contribution in [0.4, 0.5) is 0 Å². The minimum atomic E-state index is -0.0221. The van der Waals surface area contributed by atoms with Crippen LogP contribution in [0.2, 0.25) is 0 Å². The van der Waals surface area contributed by atoms with Crippen molar-refractivity contribution in [1.29, 1.82) is 0 Å². The lowest BCUT2D eigenvalue weighted by atomic mass is 10.0. The van der Waals surface area contributed by atoms with Crippen LogP contribution in [0.5, 0.6) is 0 Å². The fourth-order valence-corrected chi connectivity index (χ4v) is 5.60. The number of nitrogens with zero attached hydrogens (tertiary/aromatic N) is 5. The first-order valence-corrected chi connectivity index (χ1v) is 12.0. The van der Waals surface area contributed by atoms with E-state index >= 15 is 0 Å². The number of fused-ring (bicyclic) bond motifs is 1. The molecule has 4 aromatic rings. The van der Waals surface area contributed by atoms with E-state index in [0.717, 1.165) is 46.7 Å². The largest absolute Gasteiger partial charge is 0.352 e. The number of hydrogen-bond acceptors (Lipinski definition) is 5. The summed E-state index contributed by atoms with van der Waals surface area (Å²) in [4.78, 5) is 14.1. The van der Waals surface area contributed by atoms with Gasteiger partial charge in [0.1, 0.15) is 0 Å². The summed E-state index contributed by atoms with van der Waals surface area (Å²) in [7, 11) is 4.21. The molecule has 4 heterocycles. The summed E-state index contributed by atoms with van der Waals surface area (Å²) in [6.07, 6.45) is 4.97. The van der Waals surface area contributed by atoms with E-state index in [0.29, 0.717) is 0 Å². The van der Waals surface area contributed by atoms with Gasteiger partial charge in [-0.25, -0.2) is 4.98 Å². The van der Waals surface area contributed by atoms with Crippen LogP contribution >= 0.6 is 23.6 Å². The van der Waals surface area contributed by atoms with Crippen molar-refractivity contribution in [2.24, 2.45) is 0 Å². The summed E-state index contributed by atoms with van der Waals surface area (Å²) in [6, 6.07) is 18.6. The highest BCUT2D eigenvalue weighted by molar-refractivity contribution is 7.80. The third-order valence-electron chi connectivity index (χ3n) is 5.77. The van der Waals surface area contributed by atoms with E-state index in [1.54, 1.807) is 11.3 Å². The maximum absolute atomic E-state index is 5.81. The van der Waals surface area contributed by atoms with Crippen molar-refractivity contribution in [2.45, 2.75) is 18.5 Å². The van der Waals surface area contributed by atoms with Gasteiger partial charge in [-0.15, -0.1) is 0 Å². The quantitative estimate of drug-likeness (QED) is 0.411. The number of aromatic nitrogens is 3. The van der Waals surface area contributed by atoms with Gasteiger partial charge in [-0.2, -0.15) is 0 Å². The van der Waals surface area contributed by atoms with Crippen LogP contribution in [0, 0.1) is 0 Å². The molecule has 0 unspecified atom stereocenters. The van der Waals surface area contributed by atoms with Gasteiger partial charge in [0.05, 0.1) is 33.7 Å². The van der Waals surface area contributed by atoms with Gasteiger partial charge in [-0.1, -0.05) is 29.5 Å². The molecule has 5 rings (SSSR count). The third kappa shape index (κ3) is 4.01. The van der Waals surface area contributed by atoms with E-state index in [1.165, 1.54) is 4.70 Å². The van der Waals surface area contributed by atoms with Gasteiger partial charge >= 0.3 is 0 Å². The fraction of sp³-hybridized carbons (Fsp3) is 0.292. The standard InChI is InChI=1S/C24H26N6S2/c1-28(2)14-8-16-30-22(21(27-23(30)31)18-10-5-6-13-25-18)19-11-7-15-29(19)24-26-17-9-3-4-12-20(17)32-24/h3-7,9-13,15,21-22H,8,14,16H2,1-2H3,(H,27,31)/t21-,22+/m1/s1. The van der Waals surface area contributed by atoms with E-state index in [9.17, 15) is 0 Å². The van der Waals surface area contributed by atoms with Crippen molar-refractivity contribution >= 4 is 38.9 Å². The van der Waals surface area contributed by atoms with E-state index in [2.05, 4.69) is 81.4 Å². The summed E-state index contributed by atoms with van der Waals surface area (Å²) in [5, 5.41) is 5.30. The normalized spacial score (nSPS) is 18.6. The fourth-order valence-electron chi connectivity index (χ4n) is 4.30. The molecule has 0 spiro atoms. The van der Waals surface area contributed by atoms with Crippen molar-refractivity contribution < 1.29 is 0 Å². The van der Waals surface area contributed by atoms with E-state index in [4.69, 9.17) is 17.2 Å². The smallest absolute Gasteiger partial charge is 0.194 e. The molecule has 0 saturated carbocycles. The zero-order chi connectivity index (χ0) is 22.1. The molecule has 0 amide bonds. The summed E-state index contributed by atoms with van der Waals surface area (Å²) >= 11 is 7.52. The Morgan fingerprint density at radius 3 is 2.72 bits per heavy atom. The molecular weight excluding hydrogens is 436 g/mol. The Hall–Kier alpha value is -2.81. The van der Waals surface area contributed by atoms with Crippen LogP contribution in [0.1, 0.15) is 29.9 Å². The van der Waals surface area contributed by atoms with Gasteiger partial charge in [-0.3, -0.25) is 9.55 Å². The number of pyridine rings is 1. The summed E-state index contributed by atoms with van der Waals surface area (Å²) in [5.74, 6) is 0. The molecule has 6 nitrogen and oxygen atoms in total. The Balaban J connectivity index is 1.55. The number of hydrogen-bond donors (Lipinski definition) is 1. The second-order valence-electron chi connectivity index (χ2n) is 8.24. The number of nitrogens with one attached hydrogen (secondary N) is 1. The number of thiazole rings is 1. The molecule has 1 aromatic carbocycles. The lowest BCUT2D eigenvalue weighted by molar-refractivity contribution is 0.286. The van der Waals surface area contributed by atoms with Crippen molar-refractivity contribution in [2.75, 3.05) is 27.2 Å². The molecule has 8 heteroatoms. The van der Waals surface area contributed by atoms with Crippen LogP contribution in [0.3, 0.4) is 0 Å². The van der Waals surface area contributed by atoms with Crippen molar-refractivity contribution in [3.05, 3.63) is 78.4 Å². The Kier molecular flexibility index (Phi) is 5.91. The molecule has 1 fully saturated rings.